The molecule has 0 saturated carbocycles. The molecule has 3 rings (SSSR count). The molecule has 0 aliphatic heterocycles. The van der Waals surface area contributed by atoms with Gasteiger partial charge in [0, 0.05) is 5.56 Å². The van der Waals surface area contributed by atoms with Gasteiger partial charge >= 0.3 is 0 Å². The van der Waals surface area contributed by atoms with Crippen LogP contribution in [-0.4, -0.2) is 19.2 Å². The number of aromatic nitrogens is 1. The molecule has 3 aromatic rings. The largest absolute Gasteiger partial charge is 0.491 e. The van der Waals surface area contributed by atoms with Crippen molar-refractivity contribution in [1.82, 2.24) is 4.98 Å². The van der Waals surface area contributed by atoms with E-state index in [-0.39, 0.29) is 0 Å². The van der Waals surface area contributed by atoms with Crippen LogP contribution in [0.2, 0.25) is 0 Å². The van der Waals surface area contributed by atoms with Gasteiger partial charge in [0.1, 0.15) is 6.07 Å². The summed E-state index contributed by atoms with van der Waals surface area (Å²) in [6, 6.07) is 22.0. The molecule has 4 nitrogen and oxygen atoms in total. The number of rotatable bonds is 4. The van der Waals surface area contributed by atoms with Crippen LogP contribution in [0.3, 0.4) is 0 Å². The molecular formula is C20H16N2O2. The summed E-state index contributed by atoms with van der Waals surface area (Å²) in [7, 11) is 3.05. The molecule has 0 atom stereocenters. The van der Waals surface area contributed by atoms with Crippen LogP contribution < -0.4 is 9.47 Å². The van der Waals surface area contributed by atoms with E-state index in [1.165, 1.54) is 7.11 Å². The molecular weight excluding hydrogens is 300 g/mol. The minimum atomic E-state index is 0.303. The van der Waals surface area contributed by atoms with Crippen molar-refractivity contribution < 1.29 is 9.47 Å². The first-order chi connectivity index (χ1) is 11.8. The van der Waals surface area contributed by atoms with Gasteiger partial charge in [-0.2, -0.15) is 10.2 Å². The predicted molar refractivity (Wildman–Crippen MR) is 92.9 cm³/mol. The molecule has 1 heterocycles. The Morgan fingerprint density at radius 2 is 1.54 bits per heavy atom. The molecule has 0 saturated heterocycles. The maximum Gasteiger partial charge on any atom is 0.258 e. The van der Waals surface area contributed by atoms with E-state index in [4.69, 9.17) is 9.47 Å². The number of hydrogen-bond donors (Lipinski definition) is 0. The van der Waals surface area contributed by atoms with Crippen molar-refractivity contribution in [1.29, 1.82) is 5.26 Å². The van der Waals surface area contributed by atoms with Crippen molar-refractivity contribution >= 4 is 0 Å². The highest BCUT2D eigenvalue weighted by Gasteiger charge is 2.14. The van der Waals surface area contributed by atoms with Gasteiger partial charge in [0.25, 0.3) is 5.88 Å². The summed E-state index contributed by atoms with van der Waals surface area (Å²) >= 11 is 0. The van der Waals surface area contributed by atoms with Gasteiger partial charge in [-0.1, -0.05) is 48.5 Å². The van der Waals surface area contributed by atoms with Crippen LogP contribution in [-0.2, 0) is 0 Å². The fraction of sp³-hybridized carbons (Fsp3) is 0.100. The third-order valence-corrected chi connectivity index (χ3v) is 3.75. The van der Waals surface area contributed by atoms with Crippen LogP contribution in [0, 0.1) is 11.3 Å². The van der Waals surface area contributed by atoms with E-state index in [1.54, 1.807) is 13.2 Å². The van der Waals surface area contributed by atoms with E-state index < -0.39 is 0 Å². The molecule has 0 amide bonds. The maximum absolute atomic E-state index is 9.44. The predicted octanol–water partition coefficient (Wildman–Crippen LogP) is 4.30. The van der Waals surface area contributed by atoms with Crippen molar-refractivity contribution in [2.45, 2.75) is 0 Å². The van der Waals surface area contributed by atoms with Crippen molar-refractivity contribution in [3.63, 3.8) is 0 Å². The van der Waals surface area contributed by atoms with Crippen LogP contribution in [0.25, 0.3) is 22.3 Å². The van der Waals surface area contributed by atoms with Gasteiger partial charge in [0.2, 0.25) is 0 Å². The monoisotopic (exact) mass is 316 g/mol. The topological polar surface area (TPSA) is 55.1 Å². The second-order valence-electron chi connectivity index (χ2n) is 5.15. The summed E-state index contributed by atoms with van der Waals surface area (Å²) in [6.45, 7) is 0. The zero-order chi connectivity index (χ0) is 16.9. The molecule has 0 spiro atoms. The number of methoxy groups -OCH3 is 2. The van der Waals surface area contributed by atoms with Crippen LogP contribution in [0.4, 0.5) is 0 Å². The summed E-state index contributed by atoms with van der Waals surface area (Å²) in [5.74, 6) is 0.800. The Labute approximate surface area is 140 Å². The lowest BCUT2D eigenvalue weighted by Crippen LogP contribution is -1.98. The van der Waals surface area contributed by atoms with Gasteiger partial charge in [-0.3, -0.25) is 0 Å². The number of ether oxygens (including phenoxy) is 2. The number of nitriles is 1. The Balaban J connectivity index is 2.14. The van der Waals surface area contributed by atoms with E-state index in [2.05, 4.69) is 23.2 Å². The summed E-state index contributed by atoms with van der Waals surface area (Å²) in [5.41, 5.74) is 4.12. The number of nitrogens with zero attached hydrogens (tertiary/aromatic N) is 2. The highest BCUT2D eigenvalue weighted by atomic mass is 16.5. The first-order valence-corrected chi connectivity index (χ1v) is 7.45. The molecule has 24 heavy (non-hydrogen) atoms. The fourth-order valence-electron chi connectivity index (χ4n) is 2.57. The highest BCUT2D eigenvalue weighted by Crippen LogP contribution is 2.34. The zero-order valence-electron chi connectivity index (χ0n) is 13.5. The van der Waals surface area contributed by atoms with Gasteiger partial charge in [0.05, 0.1) is 14.2 Å². The molecule has 4 heteroatoms. The van der Waals surface area contributed by atoms with E-state index in [1.807, 2.05) is 42.5 Å². The SMILES string of the molecule is COc1cc(-c2cccc(-c3ccccc3)c2)c(C#N)nc1OC. The molecule has 2 aromatic carbocycles. The van der Waals surface area contributed by atoms with Gasteiger partial charge in [-0.15, -0.1) is 0 Å². The molecule has 0 radical (unpaired) electrons. The van der Waals surface area contributed by atoms with Crippen LogP contribution in [0.5, 0.6) is 11.6 Å². The standard InChI is InChI=1S/C20H16N2O2/c1-23-19-12-17(18(13-21)22-20(19)24-2)16-10-6-9-15(11-16)14-7-4-3-5-8-14/h3-12H,1-2H3. The maximum atomic E-state index is 9.44. The first kappa shape index (κ1) is 15.6. The summed E-state index contributed by atoms with van der Waals surface area (Å²) < 4.78 is 10.5. The summed E-state index contributed by atoms with van der Waals surface area (Å²) in [6.07, 6.45) is 0. The van der Waals surface area contributed by atoms with Crippen molar-refractivity contribution in [3.8, 4) is 40.0 Å². The molecule has 0 aliphatic carbocycles. The van der Waals surface area contributed by atoms with Crippen LogP contribution in [0.15, 0.2) is 60.7 Å². The Bertz CT molecular complexity index is 899. The quantitative estimate of drug-likeness (QED) is 0.720. The van der Waals surface area contributed by atoms with Crippen molar-refractivity contribution in [2.75, 3.05) is 14.2 Å². The Kier molecular flexibility index (Phi) is 4.44. The first-order valence-electron chi connectivity index (χ1n) is 7.45. The van der Waals surface area contributed by atoms with Gasteiger partial charge in [0.15, 0.2) is 11.4 Å². The normalized spacial score (nSPS) is 10.0. The highest BCUT2D eigenvalue weighted by molar-refractivity contribution is 5.76. The number of hydrogen-bond acceptors (Lipinski definition) is 4. The number of pyridine rings is 1. The molecule has 0 unspecified atom stereocenters. The van der Waals surface area contributed by atoms with E-state index in [9.17, 15) is 5.26 Å². The smallest absolute Gasteiger partial charge is 0.258 e. The van der Waals surface area contributed by atoms with Gasteiger partial charge in [-0.25, -0.2) is 0 Å². The lowest BCUT2D eigenvalue weighted by Gasteiger charge is -2.11. The molecule has 0 N–H and O–H groups in total. The van der Waals surface area contributed by atoms with Crippen LogP contribution >= 0.6 is 0 Å². The molecule has 0 fully saturated rings. The summed E-state index contributed by atoms with van der Waals surface area (Å²) in [4.78, 5) is 4.25. The molecule has 1 aromatic heterocycles. The minimum absolute atomic E-state index is 0.303. The Morgan fingerprint density at radius 1 is 0.833 bits per heavy atom. The Hall–Kier alpha value is -3.32. The average Bonchev–Trinajstić information content (AvgIpc) is 2.67. The van der Waals surface area contributed by atoms with Crippen molar-refractivity contribution in [2.24, 2.45) is 0 Å². The van der Waals surface area contributed by atoms with Crippen LogP contribution in [0.1, 0.15) is 5.69 Å². The minimum Gasteiger partial charge on any atom is -0.491 e. The third kappa shape index (κ3) is 2.92. The molecule has 118 valence electrons. The lowest BCUT2D eigenvalue weighted by molar-refractivity contribution is 0.343. The molecule has 0 aliphatic rings. The molecule has 0 bridgehead atoms. The summed E-state index contributed by atoms with van der Waals surface area (Å²) in [5, 5.41) is 9.44. The second-order valence-corrected chi connectivity index (χ2v) is 5.15. The van der Waals surface area contributed by atoms with E-state index in [0.717, 1.165) is 16.7 Å². The second kappa shape index (κ2) is 6.84. The zero-order valence-corrected chi connectivity index (χ0v) is 13.5. The van der Waals surface area contributed by atoms with E-state index >= 15 is 0 Å². The fourth-order valence-corrected chi connectivity index (χ4v) is 2.57. The van der Waals surface area contributed by atoms with Gasteiger partial charge in [-0.05, 0) is 28.8 Å². The van der Waals surface area contributed by atoms with Crippen molar-refractivity contribution in [3.05, 3.63) is 66.4 Å². The average molecular weight is 316 g/mol. The number of benzene rings is 2. The van der Waals surface area contributed by atoms with Gasteiger partial charge < -0.3 is 9.47 Å². The van der Waals surface area contributed by atoms with E-state index in [0.29, 0.717) is 22.9 Å². The lowest BCUT2D eigenvalue weighted by atomic mass is 9.98. The Morgan fingerprint density at radius 3 is 2.21 bits per heavy atom. The third-order valence-electron chi connectivity index (χ3n) is 3.75.